The van der Waals surface area contributed by atoms with Crippen molar-refractivity contribution in [2.75, 3.05) is 0 Å². The third-order valence-electron chi connectivity index (χ3n) is 3.61. The first-order chi connectivity index (χ1) is 10.4. The molecule has 1 aromatic carbocycles. The number of carbonyl (C=O) groups excluding carboxylic acids is 1. The molecule has 1 N–H and O–H groups in total. The van der Waals surface area contributed by atoms with Gasteiger partial charge in [-0.3, -0.25) is 4.79 Å². The number of rotatable bonds is 2. The molecular weight excluding hydrogens is 337 g/mol. The number of hydrogen-bond acceptors (Lipinski definition) is 3. The number of benzene rings is 1. The van der Waals surface area contributed by atoms with Crippen molar-refractivity contribution in [3.05, 3.63) is 61.8 Å². The smallest absolute Gasteiger partial charge is 0.190 e. The number of nitrogens with one attached hydrogen (secondary N) is 1. The van der Waals surface area contributed by atoms with E-state index in [1.165, 1.54) is 16.9 Å². The summed E-state index contributed by atoms with van der Waals surface area (Å²) < 4.78 is 0.944. The van der Waals surface area contributed by atoms with Gasteiger partial charge in [-0.1, -0.05) is 47.5 Å². The van der Waals surface area contributed by atoms with Gasteiger partial charge in [-0.2, -0.15) is 0 Å². The summed E-state index contributed by atoms with van der Waals surface area (Å²) in [6.07, 6.45) is 2.53. The Kier molecular flexibility index (Phi) is 4.06. The van der Waals surface area contributed by atoms with Crippen LogP contribution >= 0.6 is 34.5 Å². The summed E-state index contributed by atoms with van der Waals surface area (Å²) in [6, 6.07) is 9.75. The third kappa shape index (κ3) is 3.07. The maximum absolute atomic E-state index is 12.5. The van der Waals surface area contributed by atoms with E-state index in [2.05, 4.69) is 25.2 Å². The first-order valence-corrected chi connectivity index (χ1v) is 8.50. The molecule has 3 rings (SSSR count). The number of allylic oxidation sites excluding steroid dienone is 1. The molecule has 0 radical (unpaired) electrons. The van der Waals surface area contributed by atoms with Crippen LogP contribution in [0.3, 0.4) is 0 Å². The van der Waals surface area contributed by atoms with Crippen LogP contribution < -0.4 is 5.32 Å². The van der Waals surface area contributed by atoms with E-state index in [0.29, 0.717) is 14.2 Å². The van der Waals surface area contributed by atoms with E-state index >= 15 is 0 Å². The summed E-state index contributed by atoms with van der Waals surface area (Å²) in [5, 5.41) is 3.44. The van der Waals surface area contributed by atoms with Gasteiger partial charge in [0.2, 0.25) is 0 Å². The lowest BCUT2D eigenvalue weighted by atomic mass is 9.85. The van der Waals surface area contributed by atoms with Crippen LogP contribution in [-0.4, -0.2) is 11.3 Å². The van der Waals surface area contributed by atoms with Gasteiger partial charge < -0.3 is 5.32 Å². The fourth-order valence-corrected chi connectivity index (χ4v) is 4.19. The van der Waals surface area contributed by atoms with Crippen LogP contribution in [0.5, 0.6) is 0 Å². The second-order valence-corrected chi connectivity index (χ2v) is 8.29. The van der Waals surface area contributed by atoms with Gasteiger partial charge >= 0.3 is 0 Å². The van der Waals surface area contributed by atoms with Gasteiger partial charge in [0.05, 0.1) is 9.90 Å². The van der Waals surface area contributed by atoms with Gasteiger partial charge in [0, 0.05) is 22.9 Å². The van der Waals surface area contributed by atoms with Crippen molar-refractivity contribution in [3.8, 4) is 0 Å². The minimum Gasteiger partial charge on any atom is -0.379 e. The first-order valence-electron chi connectivity index (χ1n) is 6.93. The molecule has 22 heavy (non-hydrogen) atoms. The van der Waals surface area contributed by atoms with Gasteiger partial charge in [0.15, 0.2) is 5.78 Å². The van der Waals surface area contributed by atoms with Crippen LogP contribution in [0, 0.1) is 0 Å². The minimum atomic E-state index is -0.136. The van der Waals surface area contributed by atoms with E-state index in [-0.39, 0.29) is 11.3 Å². The summed E-state index contributed by atoms with van der Waals surface area (Å²) in [7, 11) is 0. The standard InChI is InChI=1S/C17H15Cl2NOS/c1-17(2)9-10-5-3-4-6-11(10)13(20-17)8-14(21)12-7-15(18)22-16(12)19/h3-8,20H,9H2,1-2H3. The molecule has 0 atom stereocenters. The van der Waals surface area contributed by atoms with E-state index in [0.717, 1.165) is 17.7 Å². The van der Waals surface area contributed by atoms with Crippen molar-refractivity contribution >= 4 is 46.0 Å². The molecule has 1 aliphatic heterocycles. The predicted octanol–water partition coefficient (Wildman–Crippen LogP) is 5.20. The Morgan fingerprint density at radius 3 is 2.73 bits per heavy atom. The highest BCUT2D eigenvalue weighted by Gasteiger charge is 2.28. The zero-order chi connectivity index (χ0) is 15.9. The average molecular weight is 352 g/mol. The second kappa shape index (κ2) is 5.73. The van der Waals surface area contributed by atoms with Crippen LogP contribution in [0.4, 0.5) is 0 Å². The maximum Gasteiger partial charge on any atom is 0.190 e. The zero-order valence-electron chi connectivity index (χ0n) is 12.2. The van der Waals surface area contributed by atoms with Gasteiger partial charge in [-0.25, -0.2) is 0 Å². The molecule has 0 saturated carbocycles. The molecule has 2 aromatic rings. The molecule has 2 heterocycles. The summed E-state index contributed by atoms with van der Waals surface area (Å²) in [5.41, 5.74) is 3.48. The fourth-order valence-electron chi connectivity index (χ4n) is 2.72. The lowest BCUT2D eigenvalue weighted by Gasteiger charge is -2.35. The van der Waals surface area contributed by atoms with E-state index in [4.69, 9.17) is 23.2 Å². The van der Waals surface area contributed by atoms with E-state index in [9.17, 15) is 4.79 Å². The molecular formula is C17H15Cl2NOS. The molecule has 0 amide bonds. The zero-order valence-corrected chi connectivity index (χ0v) is 14.6. The van der Waals surface area contributed by atoms with Gasteiger partial charge in [-0.05, 0) is 31.9 Å². The Hall–Kier alpha value is -1.29. The molecule has 2 nitrogen and oxygen atoms in total. The number of carbonyl (C=O) groups is 1. The molecule has 0 unspecified atom stereocenters. The highest BCUT2D eigenvalue weighted by molar-refractivity contribution is 7.20. The maximum atomic E-state index is 12.5. The number of ketones is 1. The monoisotopic (exact) mass is 351 g/mol. The lowest BCUT2D eigenvalue weighted by Crippen LogP contribution is -2.43. The minimum absolute atomic E-state index is 0.101. The Morgan fingerprint density at radius 2 is 2.05 bits per heavy atom. The molecule has 0 bridgehead atoms. The molecule has 1 aromatic heterocycles. The largest absolute Gasteiger partial charge is 0.379 e. The van der Waals surface area contributed by atoms with Crippen LogP contribution in [0.25, 0.3) is 5.70 Å². The molecule has 114 valence electrons. The number of thiophene rings is 1. The third-order valence-corrected chi connectivity index (χ3v) is 5.10. The van der Waals surface area contributed by atoms with Crippen LogP contribution in [0.2, 0.25) is 8.67 Å². The Bertz CT molecular complexity index is 777. The van der Waals surface area contributed by atoms with Crippen LogP contribution in [-0.2, 0) is 6.42 Å². The summed E-state index contributed by atoms with van der Waals surface area (Å²) >= 11 is 13.2. The van der Waals surface area contributed by atoms with Crippen molar-refractivity contribution < 1.29 is 4.79 Å². The number of hydrogen-bond donors (Lipinski definition) is 1. The molecule has 0 aliphatic carbocycles. The summed E-state index contributed by atoms with van der Waals surface area (Å²) in [6.45, 7) is 4.24. The fraction of sp³-hybridized carbons (Fsp3) is 0.235. The topological polar surface area (TPSA) is 29.1 Å². The van der Waals surface area contributed by atoms with Crippen molar-refractivity contribution in [3.63, 3.8) is 0 Å². The van der Waals surface area contributed by atoms with Crippen molar-refractivity contribution in [2.24, 2.45) is 0 Å². The Labute approximate surface area is 143 Å². The summed E-state index contributed by atoms with van der Waals surface area (Å²) in [5.74, 6) is -0.136. The van der Waals surface area contributed by atoms with Gasteiger partial charge in [0.1, 0.15) is 4.34 Å². The Morgan fingerprint density at radius 1 is 1.32 bits per heavy atom. The molecule has 0 fully saturated rings. The average Bonchev–Trinajstić information content (AvgIpc) is 2.76. The SMILES string of the molecule is CC1(C)Cc2ccccc2C(=CC(=O)c2cc(Cl)sc2Cl)N1. The number of halogens is 2. The lowest BCUT2D eigenvalue weighted by molar-refractivity contribution is 0.104. The van der Waals surface area contributed by atoms with E-state index < -0.39 is 0 Å². The summed E-state index contributed by atoms with van der Waals surface area (Å²) in [4.78, 5) is 12.5. The highest BCUT2D eigenvalue weighted by atomic mass is 35.5. The molecule has 0 spiro atoms. The first kappa shape index (κ1) is 15.6. The quantitative estimate of drug-likeness (QED) is 0.594. The molecule has 1 aliphatic rings. The van der Waals surface area contributed by atoms with Gasteiger partial charge in [0.25, 0.3) is 0 Å². The van der Waals surface area contributed by atoms with Crippen LogP contribution in [0.15, 0.2) is 36.4 Å². The highest BCUT2D eigenvalue weighted by Crippen LogP contribution is 2.33. The van der Waals surface area contributed by atoms with Gasteiger partial charge in [-0.15, -0.1) is 11.3 Å². The van der Waals surface area contributed by atoms with Crippen molar-refractivity contribution in [1.82, 2.24) is 5.32 Å². The Balaban J connectivity index is 2.03. The second-order valence-electron chi connectivity index (χ2n) is 6.00. The number of fused-ring (bicyclic) bond motifs is 1. The van der Waals surface area contributed by atoms with E-state index in [1.807, 2.05) is 18.2 Å². The van der Waals surface area contributed by atoms with E-state index in [1.54, 1.807) is 12.1 Å². The normalized spacial score (nSPS) is 17.9. The molecule has 0 saturated heterocycles. The van der Waals surface area contributed by atoms with Crippen LogP contribution in [0.1, 0.15) is 35.3 Å². The molecule has 5 heteroatoms. The van der Waals surface area contributed by atoms with Crippen molar-refractivity contribution in [1.29, 1.82) is 0 Å². The van der Waals surface area contributed by atoms with Crippen molar-refractivity contribution in [2.45, 2.75) is 25.8 Å². The predicted molar refractivity (Wildman–Crippen MR) is 94.0 cm³/mol.